The number of fused-ring (bicyclic) bond motifs is 1. The van der Waals surface area contributed by atoms with Gasteiger partial charge in [-0.3, -0.25) is 4.98 Å². The van der Waals surface area contributed by atoms with E-state index in [1.165, 1.54) is 17.0 Å². The molecule has 0 spiro atoms. The van der Waals surface area contributed by atoms with Gasteiger partial charge in [0.2, 0.25) is 0 Å². The average molecular weight is 162 g/mol. The van der Waals surface area contributed by atoms with Crippen LogP contribution < -0.4 is 5.73 Å². The SMILES string of the molecule is CCc1ccc2c(n1)CCC2N. The Morgan fingerprint density at radius 3 is 3.17 bits per heavy atom. The van der Waals surface area contributed by atoms with Crippen LogP contribution in [0.2, 0.25) is 0 Å². The predicted octanol–water partition coefficient (Wildman–Crippen LogP) is 1.59. The summed E-state index contributed by atoms with van der Waals surface area (Å²) in [6, 6.07) is 4.46. The molecule has 1 aliphatic rings. The van der Waals surface area contributed by atoms with Gasteiger partial charge in [0.15, 0.2) is 0 Å². The molecule has 0 fully saturated rings. The van der Waals surface area contributed by atoms with Crippen molar-refractivity contribution in [1.29, 1.82) is 0 Å². The maximum absolute atomic E-state index is 5.90. The molecule has 1 aromatic heterocycles. The van der Waals surface area contributed by atoms with Gasteiger partial charge >= 0.3 is 0 Å². The summed E-state index contributed by atoms with van der Waals surface area (Å²) in [5.41, 5.74) is 9.56. The van der Waals surface area contributed by atoms with E-state index in [9.17, 15) is 0 Å². The van der Waals surface area contributed by atoms with Crippen molar-refractivity contribution >= 4 is 0 Å². The Labute approximate surface area is 72.8 Å². The second-order valence-corrected chi connectivity index (χ2v) is 3.34. The van der Waals surface area contributed by atoms with E-state index in [0.717, 1.165) is 19.3 Å². The smallest absolute Gasteiger partial charge is 0.0455 e. The molecule has 0 saturated carbocycles. The molecule has 12 heavy (non-hydrogen) atoms. The highest BCUT2D eigenvalue weighted by Gasteiger charge is 2.19. The monoisotopic (exact) mass is 162 g/mol. The number of nitrogens with zero attached hydrogens (tertiary/aromatic N) is 1. The van der Waals surface area contributed by atoms with E-state index in [4.69, 9.17) is 5.73 Å². The highest BCUT2D eigenvalue weighted by molar-refractivity contribution is 5.30. The van der Waals surface area contributed by atoms with Crippen LogP contribution in [0.4, 0.5) is 0 Å². The van der Waals surface area contributed by atoms with Crippen molar-refractivity contribution in [3.8, 4) is 0 Å². The van der Waals surface area contributed by atoms with Gasteiger partial charge in [0.25, 0.3) is 0 Å². The molecule has 1 heterocycles. The fourth-order valence-electron chi connectivity index (χ4n) is 1.74. The van der Waals surface area contributed by atoms with Gasteiger partial charge in [0.1, 0.15) is 0 Å². The largest absolute Gasteiger partial charge is 0.324 e. The van der Waals surface area contributed by atoms with Crippen LogP contribution in [-0.4, -0.2) is 4.98 Å². The highest BCUT2D eigenvalue weighted by Crippen LogP contribution is 2.27. The number of aryl methyl sites for hydroxylation is 2. The van der Waals surface area contributed by atoms with E-state index < -0.39 is 0 Å². The first kappa shape index (κ1) is 7.74. The molecule has 64 valence electrons. The van der Waals surface area contributed by atoms with Crippen molar-refractivity contribution in [3.63, 3.8) is 0 Å². The minimum absolute atomic E-state index is 0.235. The molecule has 2 heteroatoms. The van der Waals surface area contributed by atoms with Crippen molar-refractivity contribution < 1.29 is 0 Å². The third-order valence-electron chi connectivity index (χ3n) is 2.52. The first-order chi connectivity index (χ1) is 5.81. The second-order valence-electron chi connectivity index (χ2n) is 3.34. The maximum Gasteiger partial charge on any atom is 0.0455 e. The minimum atomic E-state index is 0.235. The first-order valence-electron chi connectivity index (χ1n) is 4.55. The Hall–Kier alpha value is -0.890. The zero-order valence-corrected chi connectivity index (χ0v) is 7.38. The summed E-state index contributed by atoms with van der Waals surface area (Å²) in [5.74, 6) is 0. The molecule has 1 aliphatic carbocycles. The van der Waals surface area contributed by atoms with Crippen LogP contribution in [-0.2, 0) is 12.8 Å². The Bertz CT molecular complexity index is 294. The van der Waals surface area contributed by atoms with Gasteiger partial charge in [-0.1, -0.05) is 13.0 Å². The van der Waals surface area contributed by atoms with Crippen LogP contribution in [0.15, 0.2) is 12.1 Å². The summed E-state index contributed by atoms with van der Waals surface area (Å²) in [7, 11) is 0. The van der Waals surface area contributed by atoms with Crippen molar-refractivity contribution in [3.05, 3.63) is 29.1 Å². The lowest BCUT2D eigenvalue weighted by Crippen LogP contribution is -2.05. The number of nitrogens with two attached hydrogens (primary N) is 1. The lowest BCUT2D eigenvalue weighted by atomic mass is 10.1. The van der Waals surface area contributed by atoms with Crippen LogP contribution in [0.1, 0.15) is 36.3 Å². The summed E-state index contributed by atoms with van der Waals surface area (Å²) in [4.78, 5) is 4.54. The van der Waals surface area contributed by atoms with E-state index in [1.54, 1.807) is 0 Å². The summed E-state index contributed by atoms with van der Waals surface area (Å²) >= 11 is 0. The van der Waals surface area contributed by atoms with Crippen LogP contribution in [0.5, 0.6) is 0 Å². The third kappa shape index (κ3) is 1.12. The van der Waals surface area contributed by atoms with Gasteiger partial charge in [-0.15, -0.1) is 0 Å². The standard InChI is InChI=1S/C10H14N2/c1-2-7-3-4-8-9(11)5-6-10(8)12-7/h3-4,9H,2,5-6,11H2,1H3. The van der Waals surface area contributed by atoms with Crippen molar-refractivity contribution in [1.82, 2.24) is 4.98 Å². The lowest BCUT2D eigenvalue weighted by molar-refractivity contribution is 0.712. The van der Waals surface area contributed by atoms with Crippen LogP contribution in [0.25, 0.3) is 0 Å². The zero-order chi connectivity index (χ0) is 8.55. The molecule has 2 rings (SSSR count). The highest BCUT2D eigenvalue weighted by atomic mass is 14.8. The van der Waals surface area contributed by atoms with E-state index in [2.05, 4.69) is 24.0 Å². The number of pyridine rings is 1. The van der Waals surface area contributed by atoms with Crippen LogP contribution in [0.3, 0.4) is 0 Å². The third-order valence-corrected chi connectivity index (χ3v) is 2.52. The molecule has 0 amide bonds. The van der Waals surface area contributed by atoms with E-state index in [1.807, 2.05) is 0 Å². The van der Waals surface area contributed by atoms with Crippen molar-refractivity contribution in [2.45, 2.75) is 32.2 Å². The van der Waals surface area contributed by atoms with Gasteiger partial charge in [-0.05, 0) is 30.9 Å². The number of hydrogen-bond acceptors (Lipinski definition) is 2. The minimum Gasteiger partial charge on any atom is -0.324 e. The predicted molar refractivity (Wildman–Crippen MR) is 48.9 cm³/mol. The first-order valence-corrected chi connectivity index (χ1v) is 4.55. The normalized spacial score (nSPS) is 21.0. The average Bonchev–Trinajstić information content (AvgIpc) is 2.47. The van der Waals surface area contributed by atoms with Gasteiger partial charge in [0.05, 0.1) is 0 Å². The fourth-order valence-corrected chi connectivity index (χ4v) is 1.74. The Morgan fingerprint density at radius 2 is 2.42 bits per heavy atom. The van der Waals surface area contributed by atoms with Gasteiger partial charge in [-0.2, -0.15) is 0 Å². The molecule has 1 unspecified atom stereocenters. The molecule has 0 aliphatic heterocycles. The van der Waals surface area contributed by atoms with Crippen LogP contribution in [0, 0.1) is 0 Å². The van der Waals surface area contributed by atoms with Gasteiger partial charge < -0.3 is 5.73 Å². The molecule has 0 bridgehead atoms. The molecule has 1 atom stereocenters. The van der Waals surface area contributed by atoms with E-state index >= 15 is 0 Å². The Balaban J connectivity index is 2.41. The fraction of sp³-hybridized carbons (Fsp3) is 0.500. The van der Waals surface area contributed by atoms with E-state index in [0.29, 0.717) is 0 Å². The molecular formula is C10H14N2. The van der Waals surface area contributed by atoms with E-state index in [-0.39, 0.29) is 6.04 Å². The summed E-state index contributed by atoms with van der Waals surface area (Å²) in [6.45, 7) is 2.13. The maximum atomic E-state index is 5.90. The number of hydrogen-bond donors (Lipinski definition) is 1. The van der Waals surface area contributed by atoms with Gasteiger partial charge in [-0.25, -0.2) is 0 Å². The van der Waals surface area contributed by atoms with Crippen molar-refractivity contribution in [2.24, 2.45) is 5.73 Å². The number of aromatic nitrogens is 1. The molecule has 2 nitrogen and oxygen atoms in total. The summed E-state index contributed by atoms with van der Waals surface area (Å²) < 4.78 is 0. The summed E-state index contributed by atoms with van der Waals surface area (Å²) in [6.07, 6.45) is 3.14. The second kappa shape index (κ2) is 2.87. The molecule has 1 aromatic rings. The molecule has 0 aromatic carbocycles. The Kier molecular flexibility index (Phi) is 1.85. The zero-order valence-electron chi connectivity index (χ0n) is 7.38. The topological polar surface area (TPSA) is 38.9 Å². The number of rotatable bonds is 1. The van der Waals surface area contributed by atoms with Gasteiger partial charge in [0, 0.05) is 17.4 Å². The lowest BCUT2D eigenvalue weighted by Gasteiger charge is -2.04. The molecule has 2 N–H and O–H groups in total. The quantitative estimate of drug-likeness (QED) is 0.681. The molecular weight excluding hydrogens is 148 g/mol. The molecule has 0 saturated heterocycles. The van der Waals surface area contributed by atoms with Crippen LogP contribution >= 0.6 is 0 Å². The van der Waals surface area contributed by atoms with Crippen molar-refractivity contribution in [2.75, 3.05) is 0 Å². The summed E-state index contributed by atoms with van der Waals surface area (Å²) in [5, 5.41) is 0. The Morgan fingerprint density at radius 1 is 1.58 bits per heavy atom. The molecule has 0 radical (unpaired) electrons.